The van der Waals surface area contributed by atoms with Gasteiger partial charge in [0, 0.05) is 42.0 Å². The molecule has 0 saturated carbocycles. The summed E-state index contributed by atoms with van der Waals surface area (Å²) in [7, 11) is 1.65. The molecule has 3 aromatic rings. The van der Waals surface area contributed by atoms with Gasteiger partial charge < -0.3 is 14.4 Å². The zero-order chi connectivity index (χ0) is 18.8. The van der Waals surface area contributed by atoms with Crippen LogP contribution in [0, 0.1) is 0 Å². The van der Waals surface area contributed by atoms with Gasteiger partial charge in [0.1, 0.15) is 11.9 Å². The second-order valence-corrected chi connectivity index (χ2v) is 8.34. The number of carbonyl (C=O) groups excluding carboxylic acids is 1. The SMILES string of the molecule is COc1ccc2sc(OC3CCN(C(=O)c4ccc(Br)cc4)CC3)nc2c1. The van der Waals surface area contributed by atoms with E-state index >= 15 is 0 Å². The van der Waals surface area contributed by atoms with E-state index in [1.807, 2.05) is 47.4 Å². The van der Waals surface area contributed by atoms with E-state index in [2.05, 4.69) is 20.9 Å². The lowest BCUT2D eigenvalue weighted by atomic mass is 10.1. The Balaban J connectivity index is 1.36. The Bertz CT molecular complexity index is 950. The van der Waals surface area contributed by atoms with Crippen LogP contribution in [0.25, 0.3) is 10.2 Å². The third kappa shape index (κ3) is 4.09. The molecule has 2 heterocycles. The first-order valence-electron chi connectivity index (χ1n) is 8.78. The van der Waals surface area contributed by atoms with Crippen molar-refractivity contribution in [2.24, 2.45) is 0 Å². The third-order valence-corrected chi connectivity index (χ3v) is 6.12. The molecule has 0 unspecified atom stereocenters. The number of thiazole rings is 1. The van der Waals surface area contributed by atoms with Gasteiger partial charge in [-0.05, 0) is 36.4 Å². The fourth-order valence-electron chi connectivity index (χ4n) is 3.16. The zero-order valence-corrected chi connectivity index (χ0v) is 17.3. The van der Waals surface area contributed by atoms with Crippen molar-refractivity contribution in [1.29, 1.82) is 0 Å². The predicted octanol–water partition coefficient (Wildman–Crippen LogP) is 4.75. The van der Waals surface area contributed by atoms with Gasteiger partial charge in [-0.2, -0.15) is 0 Å². The van der Waals surface area contributed by atoms with Crippen LogP contribution in [0.4, 0.5) is 0 Å². The summed E-state index contributed by atoms with van der Waals surface area (Å²) < 4.78 is 13.4. The molecular weight excluding hydrogens is 428 g/mol. The number of ether oxygens (including phenoxy) is 2. The molecule has 27 heavy (non-hydrogen) atoms. The largest absolute Gasteiger partial charge is 0.497 e. The van der Waals surface area contributed by atoms with E-state index in [1.54, 1.807) is 18.4 Å². The molecular formula is C20H19BrN2O3S. The number of piperidine rings is 1. The highest BCUT2D eigenvalue weighted by molar-refractivity contribution is 9.10. The molecule has 7 heteroatoms. The maximum atomic E-state index is 12.6. The number of hydrogen-bond acceptors (Lipinski definition) is 5. The Morgan fingerprint density at radius 1 is 1.19 bits per heavy atom. The highest BCUT2D eigenvalue weighted by Gasteiger charge is 2.25. The monoisotopic (exact) mass is 446 g/mol. The molecule has 4 rings (SSSR count). The molecule has 0 bridgehead atoms. The summed E-state index contributed by atoms with van der Waals surface area (Å²) in [6, 6.07) is 13.3. The lowest BCUT2D eigenvalue weighted by molar-refractivity contribution is 0.0595. The fraction of sp³-hybridized carbons (Fsp3) is 0.300. The summed E-state index contributed by atoms with van der Waals surface area (Å²) in [5.41, 5.74) is 1.61. The van der Waals surface area contributed by atoms with Crippen LogP contribution in [0.15, 0.2) is 46.9 Å². The third-order valence-electron chi connectivity index (χ3n) is 4.66. The van der Waals surface area contributed by atoms with E-state index in [1.165, 1.54) is 0 Å². The molecule has 1 aliphatic heterocycles. The Hall–Kier alpha value is -2.12. The average molecular weight is 447 g/mol. The topological polar surface area (TPSA) is 51.7 Å². The van der Waals surface area contributed by atoms with E-state index in [-0.39, 0.29) is 12.0 Å². The second kappa shape index (κ2) is 7.86. The molecule has 1 aromatic heterocycles. The quantitative estimate of drug-likeness (QED) is 0.579. The minimum absolute atomic E-state index is 0.0769. The summed E-state index contributed by atoms with van der Waals surface area (Å²) >= 11 is 4.94. The first-order chi connectivity index (χ1) is 13.1. The Morgan fingerprint density at radius 3 is 2.63 bits per heavy atom. The number of aromatic nitrogens is 1. The van der Waals surface area contributed by atoms with Crippen LogP contribution < -0.4 is 9.47 Å². The Kier molecular flexibility index (Phi) is 5.31. The van der Waals surface area contributed by atoms with Crippen molar-refractivity contribution in [3.05, 3.63) is 52.5 Å². The minimum atomic E-state index is 0.0769. The van der Waals surface area contributed by atoms with E-state index in [4.69, 9.17) is 9.47 Å². The molecule has 1 fully saturated rings. The van der Waals surface area contributed by atoms with Gasteiger partial charge in [0.25, 0.3) is 11.1 Å². The van der Waals surface area contributed by atoms with E-state index in [0.717, 1.165) is 38.8 Å². The molecule has 5 nitrogen and oxygen atoms in total. The maximum absolute atomic E-state index is 12.6. The molecule has 1 aliphatic rings. The summed E-state index contributed by atoms with van der Waals surface area (Å²) in [4.78, 5) is 19.1. The van der Waals surface area contributed by atoms with E-state index in [0.29, 0.717) is 18.3 Å². The number of hydrogen-bond donors (Lipinski definition) is 0. The maximum Gasteiger partial charge on any atom is 0.274 e. The van der Waals surface area contributed by atoms with Crippen LogP contribution in [0.1, 0.15) is 23.2 Å². The lowest BCUT2D eigenvalue weighted by Gasteiger charge is -2.31. The van der Waals surface area contributed by atoms with Gasteiger partial charge in [-0.3, -0.25) is 4.79 Å². The van der Waals surface area contributed by atoms with Crippen molar-refractivity contribution in [3.8, 4) is 10.9 Å². The molecule has 140 valence electrons. The van der Waals surface area contributed by atoms with Gasteiger partial charge in [-0.1, -0.05) is 27.3 Å². The fourth-order valence-corrected chi connectivity index (χ4v) is 4.28. The van der Waals surface area contributed by atoms with Crippen molar-refractivity contribution < 1.29 is 14.3 Å². The smallest absolute Gasteiger partial charge is 0.274 e. The van der Waals surface area contributed by atoms with Gasteiger partial charge >= 0.3 is 0 Å². The van der Waals surface area contributed by atoms with Gasteiger partial charge in [0.2, 0.25) is 0 Å². The number of carbonyl (C=O) groups is 1. The van der Waals surface area contributed by atoms with Crippen molar-refractivity contribution in [1.82, 2.24) is 9.88 Å². The number of benzene rings is 2. The zero-order valence-electron chi connectivity index (χ0n) is 14.9. The summed E-state index contributed by atoms with van der Waals surface area (Å²) in [6.07, 6.45) is 1.70. The van der Waals surface area contributed by atoms with Gasteiger partial charge in [0.15, 0.2) is 0 Å². The van der Waals surface area contributed by atoms with Crippen LogP contribution in [0.2, 0.25) is 0 Å². The summed E-state index contributed by atoms with van der Waals surface area (Å²) in [6.45, 7) is 1.39. The number of likely N-dealkylation sites (tertiary alicyclic amines) is 1. The highest BCUT2D eigenvalue weighted by atomic mass is 79.9. The normalized spacial score (nSPS) is 15.1. The van der Waals surface area contributed by atoms with Crippen LogP contribution in [0.5, 0.6) is 10.9 Å². The molecule has 0 spiro atoms. The molecule has 1 saturated heterocycles. The Labute approximate surface area is 170 Å². The standard InChI is InChI=1S/C20H19BrN2O3S/c1-25-16-6-7-18-17(12-16)22-20(27-18)26-15-8-10-23(11-9-15)19(24)13-2-4-14(21)5-3-13/h2-7,12,15H,8-11H2,1H3. The van der Waals surface area contributed by atoms with Crippen LogP contribution in [-0.4, -0.2) is 42.1 Å². The number of rotatable bonds is 4. The predicted molar refractivity (Wildman–Crippen MR) is 110 cm³/mol. The molecule has 0 radical (unpaired) electrons. The first-order valence-corrected chi connectivity index (χ1v) is 10.4. The molecule has 0 atom stereocenters. The molecule has 0 N–H and O–H groups in total. The van der Waals surface area contributed by atoms with Gasteiger partial charge in [-0.15, -0.1) is 0 Å². The van der Waals surface area contributed by atoms with Crippen molar-refractivity contribution >= 4 is 43.4 Å². The van der Waals surface area contributed by atoms with Crippen molar-refractivity contribution in [3.63, 3.8) is 0 Å². The number of methoxy groups -OCH3 is 1. The first kappa shape index (κ1) is 18.3. The number of nitrogens with zero attached hydrogens (tertiary/aromatic N) is 2. The molecule has 2 aromatic carbocycles. The van der Waals surface area contributed by atoms with E-state index in [9.17, 15) is 4.79 Å². The van der Waals surface area contributed by atoms with E-state index < -0.39 is 0 Å². The highest BCUT2D eigenvalue weighted by Crippen LogP contribution is 2.32. The number of fused-ring (bicyclic) bond motifs is 1. The van der Waals surface area contributed by atoms with Crippen molar-refractivity contribution in [2.75, 3.05) is 20.2 Å². The lowest BCUT2D eigenvalue weighted by Crippen LogP contribution is -2.41. The van der Waals surface area contributed by atoms with Crippen molar-refractivity contribution in [2.45, 2.75) is 18.9 Å². The minimum Gasteiger partial charge on any atom is -0.497 e. The van der Waals surface area contributed by atoms with Gasteiger partial charge in [-0.25, -0.2) is 4.98 Å². The number of halogens is 1. The summed E-state index contributed by atoms with van der Waals surface area (Å²) in [5, 5.41) is 0.677. The second-order valence-electron chi connectivity index (χ2n) is 6.43. The number of amides is 1. The average Bonchev–Trinajstić information content (AvgIpc) is 3.10. The molecule has 1 amide bonds. The van der Waals surface area contributed by atoms with Crippen LogP contribution in [-0.2, 0) is 0 Å². The molecule has 0 aliphatic carbocycles. The van der Waals surface area contributed by atoms with Crippen LogP contribution in [0.3, 0.4) is 0 Å². The van der Waals surface area contributed by atoms with Crippen LogP contribution >= 0.6 is 27.3 Å². The summed E-state index contributed by atoms with van der Waals surface area (Å²) in [5.74, 6) is 0.868. The van der Waals surface area contributed by atoms with Gasteiger partial charge in [0.05, 0.1) is 17.3 Å². The Morgan fingerprint density at radius 2 is 1.93 bits per heavy atom.